The zero-order valence-electron chi connectivity index (χ0n) is 8.19. The van der Waals surface area contributed by atoms with Crippen LogP contribution in [-0.2, 0) is 0 Å². The smallest absolute Gasteiger partial charge is 0.0165 e. The Balaban J connectivity index is 2.74. The molecule has 0 aromatic rings. The van der Waals surface area contributed by atoms with E-state index < -0.39 is 0 Å². The Kier molecular flexibility index (Phi) is 2.91. The molecule has 0 aromatic carbocycles. The summed E-state index contributed by atoms with van der Waals surface area (Å²) in [5.74, 6) is 0.696. The molecule has 0 aromatic heterocycles. The Morgan fingerprint density at radius 2 is 2.25 bits per heavy atom. The highest BCUT2D eigenvalue weighted by atomic mass is 14.2. The maximum atomic E-state index is 4.02. The predicted molar refractivity (Wildman–Crippen MR) is 55.1 cm³/mol. The van der Waals surface area contributed by atoms with Crippen LogP contribution in [-0.4, -0.2) is 0 Å². The van der Waals surface area contributed by atoms with Crippen molar-refractivity contribution in [3.8, 4) is 0 Å². The van der Waals surface area contributed by atoms with Crippen LogP contribution < -0.4 is 0 Å². The molecule has 0 radical (unpaired) electrons. The lowest BCUT2D eigenvalue weighted by molar-refractivity contribution is 0.528. The lowest BCUT2D eigenvalue weighted by Gasteiger charge is -2.24. The minimum absolute atomic E-state index is 0.696. The summed E-state index contributed by atoms with van der Waals surface area (Å²) in [5, 5.41) is 0. The zero-order valence-corrected chi connectivity index (χ0v) is 8.19. The normalized spacial score (nSPS) is 24.0. The van der Waals surface area contributed by atoms with E-state index in [-0.39, 0.29) is 0 Å². The van der Waals surface area contributed by atoms with E-state index >= 15 is 0 Å². The molecule has 0 heterocycles. The van der Waals surface area contributed by atoms with Crippen molar-refractivity contribution < 1.29 is 0 Å². The standard InChI is InChI=1S/C12H18/c1-5-11-8-12(9(2)3)7-6-10(11)4/h5,12H,1-2,6-8H2,3-4H3. The van der Waals surface area contributed by atoms with Crippen molar-refractivity contribution in [3.63, 3.8) is 0 Å². The van der Waals surface area contributed by atoms with E-state index in [9.17, 15) is 0 Å². The maximum absolute atomic E-state index is 4.02. The predicted octanol–water partition coefficient (Wildman–Crippen LogP) is 3.87. The van der Waals surface area contributed by atoms with Gasteiger partial charge in [-0.2, -0.15) is 0 Å². The molecule has 0 nitrogen and oxygen atoms in total. The minimum atomic E-state index is 0.696. The third kappa shape index (κ3) is 1.88. The van der Waals surface area contributed by atoms with Crippen LogP contribution in [0.2, 0.25) is 0 Å². The SMILES string of the molecule is C=CC1=C(C)CCC(C(=C)C)C1. The van der Waals surface area contributed by atoms with Gasteiger partial charge >= 0.3 is 0 Å². The molecular weight excluding hydrogens is 144 g/mol. The van der Waals surface area contributed by atoms with E-state index in [0.29, 0.717) is 5.92 Å². The van der Waals surface area contributed by atoms with Crippen LogP contribution >= 0.6 is 0 Å². The first-order valence-corrected chi connectivity index (χ1v) is 4.61. The van der Waals surface area contributed by atoms with Crippen LogP contribution in [0.15, 0.2) is 36.0 Å². The number of allylic oxidation sites excluding steroid dienone is 4. The van der Waals surface area contributed by atoms with Crippen molar-refractivity contribution in [1.82, 2.24) is 0 Å². The number of hydrogen-bond donors (Lipinski definition) is 0. The Hall–Kier alpha value is -0.780. The Morgan fingerprint density at radius 1 is 1.58 bits per heavy atom. The zero-order chi connectivity index (χ0) is 9.14. The minimum Gasteiger partial charge on any atom is -0.0998 e. The second-order valence-corrected chi connectivity index (χ2v) is 3.80. The fraction of sp³-hybridized carbons (Fsp3) is 0.500. The Morgan fingerprint density at radius 3 is 2.75 bits per heavy atom. The van der Waals surface area contributed by atoms with Crippen LogP contribution in [0.5, 0.6) is 0 Å². The van der Waals surface area contributed by atoms with Crippen LogP contribution in [0.3, 0.4) is 0 Å². The van der Waals surface area contributed by atoms with Gasteiger partial charge in [0.1, 0.15) is 0 Å². The molecule has 0 fully saturated rings. The molecule has 0 heteroatoms. The van der Waals surface area contributed by atoms with Crippen molar-refractivity contribution >= 4 is 0 Å². The maximum Gasteiger partial charge on any atom is -0.0165 e. The van der Waals surface area contributed by atoms with E-state index in [1.54, 1.807) is 0 Å². The van der Waals surface area contributed by atoms with Crippen molar-refractivity contribution in [2.75, 3.05) is 0 Å². The average Bonchev–Trinajstić information content (AvgIpc) is 2.05. The summed E-state index contributed by atoms with van der Waals surface area (Å²) in [7, 11) is 0. The summed E-state index contributed by atoms with van der Waals surface area (Å²) in [4.78, 5) is 0. The first kappa shape index (κ1) is 9.31. The van der Waals surface area contributed by atoms with E-state index in [0.717, 1.165) is 6.42 Å². The van der Waals surface area contributed by atoms with Crippen molar-refractivity contribution in [1.29, 1.82) is 0 Å². The summed E-state index contributed by atoms with van der Waals surface area (Å²) in [5.41, 5.74) is 4.28. The molecule has 1 rings (SSSR count). The second-order valence-electron chi connectivity index (χ2n) is 3.80. The summed E-state index contributed by atoms with van der Waals surface area (Å²) >= 11 is 0. The van der Waals surface area contributed by atoms with E-state index in [1.807, 2.05) is 6.08 Å². The van der Waals surface area contributed by atoms with Gasteiger partial charge in [0.2, 0.25) is 0 Å². The van der Waals surface area contributed by atoms with Crippen LogP contribution in [0.1, 0.15) is 33.1 Å². The third-order valence-corrected chi connectivity index (χ3v) is 2.83. The molecule has 0 bridgehead atoms. The van der Waals surface area contributed by atoms with Gasteiger partial charge in [0, 0.05) is 0 Å². The molecule has 1 unspecified atom stereocenters. The summed E-state index contributed by atoms with van der Waals surface area (Å²) in [6.07, 6.45) is 5.66. The van der Waals surface area contributed by atoms with Crippen molar-refractivity contribution in [2.45, 2.75) is 33.1 Å². The number of rotatable bonds is 2. The van der Waals surface area contributed by atoms with Gasteiger partial charge in [-0.25, -0.2) is 0 Å². The molecule has 1 aliphatic carbocycles. The number of hydrogen-bond acceptors (Lipinski definition) is 0. The Bertz CT molecular complexity index is 230. The molecule has 0 spiro atoms. The van der Waals surface area contributed by atoms with E-state index in [1.165, 1.54) is 29.6 Å². The molecule has 0 N–H and O–H groups in total. The molecule has 12 heavy (non-hydrogen) atoms. The molecule has 66 valence electrons. The largest absolute Gasteiger partial charge is 0.0998 e. The van der Waals surface area contributed by atoms with Crippen LogP contribution in [0.4, 0.5) is 0 Å². The molecular formula is C12H18. The van der Waals surface area contributed by atoms with Gasteiger partial charge in [-0.3, -0.25) is 0 Å². The summed E-state index contributed by atoms with van der Waals surface area (Å²) < 4.78 is 0. The summed E-state index contributed by atoms with van der Waals surface area (Å²) in [6, 6.07) is 0. The van der Waals surface area contributed by atoms with Crippen molar-refractivity contribution in [3.05, 3.63) is 36.0 Å². The summed E-state index contributed by atoms with van der Waals surface area (Å²) in [6.45, 7) is 12.2. The second kappa shape index (κ2) is 3.75. The molecule has 0 saturated heterocycles. The van der Waals surface area contributed by atoms with Gasteiger partial charge in [-0.05, 0) is 44.6 Å². The fourth-order valence-electron chi connectivity index (χ4n) is 1.77. The molecule has 0 aliphatic heterocycles. The van der Waals surface area contributed by atoms with Crippen LogP contribution in [0, 0.1) is 5.92 Å². The topological polar surface area (TPSA) is 0 Å². The van der Waals surface area contributed by atoms with E-state index in [2.05, 4.69) is 27.0 Å². The highest BCUT2D eigenvalue weighted by molar-refractivity contribution is 5.27. The quantitative estimate of drug-likeness (QED) is 0.541. The molecule has 0 saturated carbocycles. The van der Waals surface area contributed by atoms with Gasteiger partial charge in [0.05, 0.1) is 0 Å². The highest BCUT2D eigenvalue weighted by Gasteiger charge is 2.17. The average molecular weight is 162 g/mol. The first-order chi connectivity index (χ1) is 5.65. The molecule has 1 aliphatic rings. The lowest BCUT2D eigenvalue weighted by Crippen LogP contribution is -2.09. The monoisotopic (exact) mass is 162 g/mol. The lowest BCUT2D eigenvalue weighted by atomic mass is 9.81. The molecule has 1 atom stereocenters. The molecule has 0 amide bonds. The fourth-order valence-corrected chi connectivity index (χ4v) is 1.77. The van der Waals surface area contributed by atoms with Crippen LogP contribution in [0.25, 0.3) is 0 Å². The van der Waals surface area contributed by atoms with Gasteiger partial charge in [0.15, 0.2) is 0 Å². The van der Waals surface area contributed by atoms with Gasteiger partial charge in [-0.15, -0.1) is 0 Å². The van der Waals surface area contributed by atoms with E-state index in [4.69, 9.17) is 0 Å². The highest BCUT2D eigenvalue weighted by Crippen LogP contribution is 2.33. The Labute approximate surface area is 75.7 Å². The van der Waals surface area contributed by atoms with Crippen molar-refractivity contribution in [2.24, 2.45) is 5.92 Å². The first-order valence-electron chi connectivity index (χ1n) is 4.61. The van der Waals surface area contributed by atoms with Gasteiger partial charge in [0.25, 0.3) is 0 Å². The van der Waals surface area contributed by atoms with Gasteiger partial charge in [-0.1, -0.05) is 30.4 Å². The third-order valence-electron chi connectivity index (χ3n) is 2.83. The van der Waals surface area contributed by atoms with Gasteiger partial charge < -0.3 is 0 Å².